The van der Waals surface area contributed by atoms with Crippen LogP contribution in [0.5, 0.6) is 0 Å². The van der Waals surface area contributed by atoms with Crippen LogP contribution in [-0.2, 0) is 15.3 Å². The highest BCUT2D eigenvalue weighted by Gasteiger charge is 2.57. The molecule has 3 aromatic rings. The first-order valence-electron chi connectivity index (χ1n) is 11.6. The van der Waals surface area contributed by atoms with Gasteiger partial charge in [0, 0.05) is 28.5 Å². The van der Waals surface area contributed by atoms with Gasteiger partial charge in [0.2, 0.25) is 0 Å². The van der Waals surface area contributed by atoms with E-state index in [1.807, 2.05) is 42.5 Å². The van der Waals surface area contributed by atoms with Crippen molar-refractivity contribution in [1.29, 1.82) is 0 Å². The van der Waals surface area contributed by atoms with E-state index in [2.05, 4.69) is 10.6 Å². The summed E-state index contributed by atoms with van der Waals surface area (Å²) in [7, 11) is -3.62. The second kappa shape index (κ2) is 10.0. The minimum absolute atomic E-state index is 0. The second-order valence-electron chi connectivity index (χ2n) is 9.18. The molecule has 0 aromatic heterocycles. The van der Waals surface area contributed by atoms with Crippen LogP contribution in [0, 0.1) is 0 Å². The number of nitrogens with zero attached hydrogens (tertiary/aromatic N) is 1. The number of carbonyl (C=O) groups is 2. The van der Waals surface area contributed by atoms with E-state index >= 15 is 0 Å². The lowest BCUT2D eigenvalue weighted by Crippen LogP contribution is -2.56. The molecule has 2 aliphatic rings. The number of nitrogens with one attached hydrogen (secondary N) is 2. The molecule has 36 heavy (non-hydrogen) atoms. The van der Waals surface area contributed by atoms with E-state index in [4.69, 9.17) is 0 Å². The summed E-state index contributed by atoms with van der Waals surface area (Å²) in [5.41, 5.74) is 2.44. The average Bonchev–Trinajstić information content (AvgIpc) is 3.15. The lowest BCUT2D eigenvalue weighted by molar-refractivity contribution is 0.103. The van der Waals surface area contributed by atoms with E-state index in [1.165, 1.54) is 11.2 Å². The third-order valence-corrected chi connectivity index (χ3v) is 8.43. The molecule has 2 heterocycles. The number of hydrogen-bond acceptors (Lipinski definition) is 5. The molecule has 2 N–H and O–H groups in total. The number of hydrogen-bond donors (Lipinski definition) is 2. The summed E-state index contributed by atoms with van der Waals surface area (Å²) in [4.78, 5) is 27.7. The zero-order chi connectivity index (χ0) is 24.6. The Labute approximate surface area is 217 Å². The molecular formula is C27H28ClN3O4S. The van der Waals surface area contributed by atoms with Gasteiger partial charge in [-0.2, -0.15) is 0 Å². The van der Waals surface area contributed by atoms with Crippen LogP contribution in [0.25, 0.3) is 0 Å². The van der Waals surface area contributed by atoms with Crippen molar-refractivity contribution in [2.75, 3.05) is 29.6 Å². The predicted octanol–water partition coefficient (Wildman–Crippen LogP) is 4.38. The zero-order valence-electron chi connectivity index (χ0n) is 19.8. The number of sulfone groups is 1. The number of urea groups is 1. The van der Waals surface area contributed by atoms with Crippen molar-refractivity contribution < 1.29 is 18.0 Å². The average molecular weight is 526 g/mol. The molecule has 0 bridgehead atoms. The molecule has 7 nitrogen and oxygen atoms in total. The third kappa shape index (κ3) is 4.52. The fourth-order valence-electron chi connectivity index (χ4n) is 5.46. The number of halogens is 1. The van der Waals surface area contributed by atoms with Gasteiger partial charge in [0.15, 0.2) is 15.6 Å². The summed E-state index contributed by atoms with van der Waals surface area (Å²) < 4.78 is 26.2. The largest absolute Gasteiger partial charge is 0.327 e. The van der Waals surface area contributed by atoms with Crippen molar-refractivity contribution in [2.24, 2.45) is 0 Å². The highest BCUT2D eigenvalue weighted by molar-refractivity contribution is 7.91. The first-order valence-corrected chi connectivity index (χ1v) is 13.6. The van der Waals surface area contributed by atoms with Crippen LogP contribution in [-0.4, -0.2) is 45.0 Å². The van der Waals surface area contributed by atoms with Crippen LogP contribution in [0.15, 0.2) is 78.9 Å². The Hall–Kier alpha value is -3.20. The molecule has 3 aromatic carbocycles. The molecule has 2 aliphatic heterocycles. The Kier molecular flexibility index (Phi) is 7.22. The lowest BCUT2D eigenvalue weighted by atomic mass is 9.74. The van der Waals surface area contributed by atoms with Gasteiger partial charge in [0.05, 0.1) is 5.69 Å². The van der Waals surface area contributed by atoms with Crippen molar-refractivity contribution in [3.8, 4) is 0 Å². The van der Waals surface area contributed by atoms with E-state index < -0.39 is 26.7 Å². The first kappa shape index (κ1) is 25.9. The first-order chi connectivity index (χ1) is 16.8. The van der Waals surface area contributed by atoms with Crippen molar-refractivity contribution in [3.63, 3.8) is 0 Å². The van der Waals surface area contributed by atoms with Gasteiger partial charge in [-0.25, -0.2) is 13.2 Å². The van der Waals surface area contributed by atoms with Crippen LogP contribution in [0.1, 0.15) is 34.3 Å². The molecule has 1 spiro atoms. The van der Waals surface area contributed by atoms with Gasteiger partial charge in [-0.05, 0) is 61.8 Å². The Balaban J connectivity index is 0.00000304. The van der Waals surface area contributed by atoms with E-state index in [1.54, 1.807) is 36.4 Å². The van der Waals surface area contributed by atoms with Gasteiger partial charge >= 0.3 is 6.03 Å². The number of benzene rings is 3. The smallest absolute Gasteiger partial charge is 0.317 e. The van der Waals surface area contributed by atoms with E-state index in [-0.39, 0.29) is 18.2 Å². The molecule has 0 saturated carbocycles. The van der Waals surface area contributed by atoms with E-state index in [0.29, 0.717) is 48.4 Å². The molecule has 5 rings (SSSR count). The van der Waals surface area contributed by atoms with Gasteiger partial charge in [0.1, 0.15) is 5.37 Å². The molecule has 1 atom stereocenters. The Morgan fingerprint density at radius 3 is 2.11 bits per heavy atom. The molecule has 1 fully saturated rings. The van der Waals surface area contributed by atoms with Gasteiger partial charge < -0.3 is 10.6 Å². The molecular weight excluding hydrogens is 498 g/mol. The summed E-state index contributed by atoms with van der Waals surface area (Å²) in [6.07, 6.45) is 2.46. The molecule has 0 aliphatic carbocycles. The summed E-state index contributed by atoms with van der Waals surface area (Å²) in [6.45, 7) is 1.37. The normalized spacial score (nSPS) is 18.2. The number of carbonyl (C=O) groups excluding carboxylic acids is 2. The van der Waals surface area contributed by atoms with Gasteiger partial charge in [0.25, 0.3) is 0 Å². The number of para-hydroxylation sites is 1. The molecule has 188 valence electrons. The molecule has 9 heteroatoms. The summed E-state index contributed by atoms with van der Waals surface area (Å²) >= 11 is 0. The second-order valence-corrected chi connectivity index (χ2v) is 11.3. The topological polar surface area (TPSA) is 95.6 Å². The van der Waals surface area contributed by atoms with E-state index in [9.17, 15) is 18.0 Å². The maximum Gasteiger partial charge on any atom is 0.327 e. The minimum atomic E-state index is -3.62. The van der Waals surface area contributed by atoms with Gasteiger partial charge in [-0.3, -0.25) is 9.69 Å². The van der Waals surface area contributed by atoms with Crippen molar-refractivity contribution >= 4 is 45.4 Å². The Morgan fingerprint density at radius 1 is 0.889 bits per heavy atom. The van der Waals surface area contributed by atoms with Crippen LogP contribution >= 0.6 is 12.4 Å². The summed E-state index contributed by atoms with van der Waals surface area (Å²) in [5.74, 6) is -0.109. The third-order valence-electron chi connectivity index (χ3n) is 6.96. The number of anilines is 2. The fourth-order valence-corrected chi connectivity index (χ4v) is 7.24. The molecule has 1 saturated heterocycles. The number of rotatable bonds is 4. The highest BCUT2D eigenvalue weighted by Crippen LogP contribution is 2.52. The monoisotopic (exact) mass is 525 g/mol. The van der Waals surface area contributed by atoms with Crippen molar-refractivity contribution in [3.05, 3.63) is 95.6 Å². The maximum atomic E-state index is 13.6. The quantitative estimate of drug-likeness (QED) is 0.493. The fraction of sp³-hybridized carbons (Fsp3) is 0.259. The Bertz CT molecular complexity index is 1370. The van der Waals surface area contributed by atoms with Gasteiger partial charge in [-0.15, -0.1) is 12.4 Å². The standard InChI is InChI=1S/C27H27N3O4S.ClH/c1-35(33,34)25-27(15-17-28-18-16-27)22-9-5-6-10-23(22)30(25)26(32)29-21-13-11-20(12-14-21)24(31)19-7-3-2-4-8-19;/h2-14,25,28H,15-18H2,1H3,(H,29,32);1H. The van der Waals surface area contributed by atoms with Crippen LogP contribution in [0.2, 0.25) is 0 Å². The molecule has 1 unspecified atom stereocenters. The molecule has 2 amide bonds. The predicted molar refractivity (Wildman–Crippen MR) is 144 cm³/mol. The number of fused-ring (bicyclic) bond motifs is 2. The zero-order valence-corrected chi connectivity index (χ0v) is 21.4. The number of piperidine rings is 1. The maximum absolute atomic E-state index is 13.6. The summed E-state index contributed by atoms with van der Waals surface area (Å²) in [5, 5.41) is 5.17. The van der Waals surface area contributed by atoms with Crippen molar-refractivity contribution in [1.82, 2.24) is 5.32 Å². The minimum Gasteiger partial charge on any atom is -0.317 e. The van der Waals surface area contributed by atoms with E-state index in [0.717, 1.165) is 5.56 Å². The van der Waals surface area contributed by atoms with Crippen LogP contribution < -0.4 is 15.5 Å². The Morgan fingerprint density at radius 2 is 1.47 bits per heavy atom. The molecule has 0 radical (unpaired) electrons. The van der Waals surface area contributed by atoms with Crippen LogP contribution in [0.3, 0.4) is 0 Å². The van der Waals surface area contributed by atoms with Gasteiger partial charge in [-0.1, -0.05) is 48.5 Å². The number of ketones is 1. The highest BCUT2D eigenvalue weighted by atomic mass is 35.5. The number of amides is 2. The summed E-state index contributed by atoms with van der Waals surface area (Å²) in [6, 6.07) is 22.6. The lowest BCUT2D eigenvalue weighted by Gasteiger charge is -2.40. The van der Waals surface area contributed by atoms with Crippen molar-refractivity contribution in [2.45, 2.75) is 23.6 Å². The van der Waals surface area contributed by atoms with Crippen LogP contribution in [0.4, 0.5) is 16.2 Å². The SMILES string of the molecule is CS(=O)(=O)C1N(C(=O)Nc2ccc(C(=O)c3ccccc3)cc2)c2ccccc2C12CCNCC2.Cl.